The van der Waals surface area contributed by atoms with Crippen LogP contribution in [0.3, 0.4) is 0 Å². The Morgan fingerprint density at radius 3 is 2.67 bits per heavy atom. The highest BCUT2D eigenvalue weighted by Gasteiger charge is 2.25. The maximum atomic E-state index is 9.81. The number of methoxy groups -OCH3 is 1. The number of likely N-dealkylation sites (N-methyl/N-ethyl adjacent to an activating group) is 1. The molecule has 3 unspecified atom stereocenters. The molecule has 0 fully saturated rings. The van der Waals surface area contributed by atoms with Crippen molar-refractivity contribution < 1.29 is 9.84 Å². The molecule has 0 aliphatic heterocycles. The molecule has 3 N–H and O–H groups in total. The van der Waals surface area contributed by atoms with E-state index in [9.17, 15) is 5.11 Å². The van der Waals surface area contributed by atoms with Gasteiger partial charge in [-0.2, -0.15) is 0 Å². The lowest BCUT2D eigenvalue weighted by Gasteiger charge is -2.32. The number of nitrogens with two attached hydrogens (primary N) is 1. The monoisotopic (exact) mass is 272 g/mol. The molecule has 0 aromatic carbocycles. The summed E-state index contributed by atoms with van der Waals surface area (Å²) in [6, 6.07) is 2.26. The SMILES string of the molecule is COCC(O)CN(C)C(c1sccc1C)C(C)N. The van der Waals surface area contributed by atoms with Gasteiger partial charge in [-0.05, 0) is 37.9 Å². The zero-order valence-electron chi connectivity index (χ0n) is 11.6. The summed E-state index contributed by atoms with van der Waals surface area (Å²) in [6.07, 6.45) is -0.485. The van der Waals surface area contributed by atoms with Crippen molar-refractivity contribution in [3.8, 4) is 0 Å². The van der Waals surface area contributed by atoms with Gasteiger partial charge in [0.25, 0.3) is 0 Å². The van der Waals surface area contributed by atoms with E-state index < -0.39 is 6.10 Å². The zero-order valence-corrected chi connectivity index (χ0v) is 12.4. The Kier molecular flexibility index (Phi) is 6.25. The molecule has 0 aliphatic rings. The second kappa shape index (κ2) is 7.21. The van der Waals surface area contributed by atoms with E-state index in [-0.39, 0.29) is 12.1 Å². The first kappa shape index (κ1) is 15.6. The molecule has 0 amide bonds. The molecule has 1 rings (SSSR count). The third-order valence-corrected chi connectivity index (χ3v) is 4.09. The van der Waals surface area contributed by atoms with Crippen LogP contribution >= 0.6 is 11.3 Å². The molecule has 0 aliphatic carbocycles. The van der Waals surface area contributed by atoms with Crippen LogP contribution in [0, 0.1) is 6.92 Å². The number of ether oxygens (including phenoxy) is 1. The summed E-state index contributed by atoms with van der Waals surface area (Å²) < 4.78 is 4.95. The van der Waals surface area contributed by atoms with Crippen molar-refractivity contribution in [2.45, 2.75) is 32.0 Å². The molecular weight excluding hydrogens is 248 g/mol. The Balaban J connectivity index is 2.77. The first-order valence-electron chi connectivity index (χ1n) is 6.14. The number of aryl methyl sites for hydroxylation is 1. The lowest BCUT2D eigenvalue weighted by molar-refractivity contribution is 0.0321. The standard InChI is InChI=1S/C13H24N2O2S/c1-9-5-6-18-13(9)12(10(2)14)15(3)7-11(16)8-17-4/h5-6,10-12,16H,7-8,14H2,1-4H3. The highest BCUT2D eigenvalue weighted by Crippen LogP contribution is 2.30. The van der Waals surface area contributed by atoms with Gasteiger partial charge < -0.3 is 15.6 Å². The van der Waals surface area contributed by atoms with E-state index in [1.54, 1.807) is 18.4 Å². The van der Waals surface area contributed by atoms with E-state index in [1.807, 2.05) is 14.0 Å². The van der Waals surface area contributed by atoms with Crippen LogP contribution in [-0.2, 0) is 4.74 Å². The van der Waals surface area contributed by atoms with Crippen LogP contribution in [0.4, 0.5) is 0 Å². The third-order valence-electron chi connectivity index (χ3n) is 3.00. The van der Waals surface area contributed by atoms with Crippen molar-refractivity contribution >= 4 is 11.3 Å². The van der Waals surface area contributed by atoms with Crippen molar-refractivity contribution in [2.24, 2.45) is 5.73 Å². The largest absolute Gasteiger partial charge is 0.389 e. The summed E-state index contributed by atoms with van der Waals surface area (Å²) in [5.41, 5.74) is 7.36. The molecule has 1 aromatic heterocycles. The molecule has 0 saturated heterocycles. The highest BCUT2D eigenvalue weighted by molar-refractivity contribution is 7.10. The molecule has 0 spiro atoms. The zero-order chi connectivity index (χ0) is 13.7. The number of aliphatic hydroxyl groups is 1. The van der Waals surface area contributed by atoms with Crippen molar-refractivity contribution in [3.63, 3.8) is 0 Å². The maximum absolute atomic E-state index is 9.81. The fourth-order valence-electron chi connectivity index (χ4n) is 2.22. The van der Waals surface area contributed by atoms with E-state index in [4.69, 9.17) is 10.5 Å². The molecule has 3 atom stereocenters. The maximum Gasteiger partial charge on any atom is 0.0900 e. The van der Waals surface area contributed by atoms with Crippen molar-refractivity contribution in [3.05, 3.63) is 21.9 Å². The van der Waals surface area contributed by atoms with E-state index >= 15 is 0 Å². The van der Waals surface area contributed by atoms with Crippen molar-refractivity contribution in [1.82, 2.24) is 4.90 Å². The van der Waals surface area contributed by atoms with Crippen LogP contribution in [0.5, 0.6) is 0 Å². The minimum Gasteiger partial charge on any atom is -0.389 e. The molecule has 1 aromatic rings. The van der Waals surface area contributed by atoms with Gasteiger partial charge in [0.1, 0.15) is 0 Å². The summed E-state index contributed by atoms with van der Waals surface area (Å²) >= 11 is 1.72. The fourth-order valence-corrected chi connectivity index (χ4v) is 3.43. The quantitative estimate of drug-likeness (QED) is 0.787. The number of rotatable bonds is 7. The minimum atomic E-state index is -0.485. The van der Waals surface area contributed by atoms with Crippen molar-refractivity contribution in [2.75, 3.05) is 27.3 Å². The molecule has 5 heteroatoms. The Labute approximate surface area is 113 Å². The van der Waals surface area contributed by atoms with Gasteiger partial charge in [0.2, 0.25) is 0 Å². The van der Waals surface area contributed by atoms with Crippen LogP contribution < -0.4 is 5.73 Å². The summed E-state index contributed by atoms with van der Waals surface area (Å²) in [5, 5.41) is 11.9. The Hall–Kier alpha value is -0.460. The molecule has 4 nitrogen and oxygen atoms in total. The van der Waals surface area contributed by atoms with Gasteiger partial charge in [-0.15, -0.1) is 11.3 Å². The van der Waals surface area contributed by atoms with Gasteiger partial charge in [0, 0.05) is 24.6 Å². The molecule has 0 saturated carbocycles. The van der Waals surface area contributed by atoms with Gasteiger partial charge in [-0.3, -0.25) is 4.90 Å². The normalized spacial score (nSPS) is 16.8. The summed E-state index contributed by atoms with van der Waals surface area (Å²) in [5.74, 6) is 0. The molecule has 0 bridgehead atoms. The predicted molar refractivity (Wildman–Crippen MR) is 76.0 cm³/mol. The lowest BCUT2D eigenvalue weighted by Crippen LogP contribution is -2.41. The summed E-state index contributed by atoms with van der Waals surface area (Å²) in [7, 11) is 3.59. The van der Waals surface area contributed by atoms with E-state index in [0.717, 1.165) is 0 Å². The van der Waals surface area contributed by atoms with Crippen LogP contribution in [0.15, 0.2) is 11.4 Å². The first-order chi connectivity index (χ1) is 8.47. The average Bonchev–Trinajstić information content (AvgIpc) is 2.64. The van der Waals surface area contributed by atoms with Gasteiger partial charge >= 0.3 is 0 Å². The Morgan fingerprint density at radius 2 is 2.22 bits per heavy atom. The smallest absolute Gasteiger partial charge is 0.0900 e. The van der Waals surface area contributed by atoms with E-state index in [2.05, 4.69) is 23.3 Å². The molecule has 104 valence electrons. The first-order valence-corrected chi connectivity index (χ1v) is 7.02. The molecule has 1 heterocycles. The summed E-state index contributed by atoms with van der Waals surface area (Å²) in [4.78, 5) is 3.38. The second-order valence-corrected chi connectivity index (χ2v) is 5.77. The fraction of sp³-hybridized carbons (Fsp3) is 0.692. The van der Waals surface area contributed by atoms with Crippen LogP contribution in [-0.4, -0.2) is 49.5 Å². The third kappa shape index (κ3) is 4.03. The number of hydrogen-bond acceptors (Lipinski definition) is 5. The van der Waals surface area contributed by atoms with Gasteiger partial charge in [0.15, 0.2) is 0 Å². The molecular formula is C13H24N2O2S. The number of aliphatic hydroxyl groups excluding tert-OH is 1. The summed E-state index contributed by atoms with van der Waals surface area (Å²) in [6.45, 7) is 5.00. The lowest BCUT2D eigenvalue weighted by atomic mass is 10.0. The molecule has 0 radical (unpaired) electrons. The number of hydrogen-bond donors (Lipinski definition) is 2. The van der Waals surface area contributed by atoms with Crippen LogP contribution in [0.25, 0.3) is 0 Å². The Bertz CT molecular complexity index is 355. The Morgan fingerprint density at radius 1 is 1.56 bits per heavy atom. The highest BCUT2D eigenvalue weighted by atomic mass is 32.1. The minimum absolute atomic E-state index is 0.0158. The number of nitrogens with zero attached hydrogens (tertiary/aromatic N) is 1. The van der Waals surface area contributed by atoms with Crippen LogP contribution in [0.1, 0.15) is 23.4 Å². The van der Waals surface area contributed by atoms with Gasteiger partial charge in [-0.25, -0.2) is 0 Å². The van der Waals surface area contributed by atoms with E-state index in [1.165, 1.54) is 10.4 Å². The van der Waals surface area contributed by atoms with Crippen molar-refractivity contribution in [1.29, 1.82) is 0 Å². The topological polar surface area (TPSA) is 58.7 Å². The van der Waals surface area contributed by atoms with E-state index in [0.29, 0.717) is 13.2 Å². The van der Waals surface area contributed by atoms with Gasteiger partial charge in [0.05, 0.1) is 18.8 Å². The average molecular weight is 272 g/mol. The molecule has 18 heavy (non-hydrogen) atoms. The number of thiophene rings is 1. The second-order valence-electron chi connectivity index (χ2n) is 4.82. The van der Waals surface area contributed by atoms with Crippen LogP contribution in [0.2, 0.25) is 0 Å². The predicted octanol–water partition coefficient (Wildman–Crippen LogP) is 1.38. The van der Waals surface area contributed by atoms with Gasteiger partial charge in [-0.1, -0.05) is 0 Å².